The van der Waals surface area contributed by atoms with E-state index in [2.05, 4.69) is 63.2 Å². The maximum absolute atomic E-state index is 6.25. The number of benzene rings is 3. The second kappa shape index (κ2) is 4.72. The summed E-state index contributed by atoms with van der Waals surface area (Å²) < 4.78 is 0. The van der Waals surface area contributed by atoms with E-state index in [-0.39, 0.29) is 0 Å². The van der Waals surface area contributed by atoms with Crippen molar-refractivity contribution in [2.75, 3.05) is 0 Å². The fraction of sp³-hybridized carbons (Fsp3) is 0.143. The monoisotopic (exact) mass is 304 g/mol. The zero-order valence-electron chi connectivity index (χ0n) is 13.0. The Bertz CT molecular complexity index is 919. The molecule has 0 atom stereocenters. The highest BCUT2D eigenvalue weighted by Crippen LogP contribution is 2.43. The summed E-state index contributed by atoms with van der Waals surface area (Å²) in [5.41, 5.74) is 11.7. The molecule has 22 heavy (non-hydrogen) atoms. The van der Waals surface area contributed by atoms with Gasteiger partial charge in [-0.15, -0.1) is 0 Å². The molecule has 3 aromatic carbocycles. The first-order chi connectivity index (χ1) is 10.5. The molecule has 4 bridgehead atoms. The molecule has 0 amide bonds. The molecule has 108 valence electrons. The highest BCUT2D eigenvalue weighted by Gasteiger charge is 2.18. The summed E-state index contributed by atoms with van der Waals surface area (Å²) in [6.07, 6.45) is 0. The standard InChI is InChI=1S/C21H17Cl/c1-12-4-6-16(22)10-18(12)21-11-19-14(3)9-20(21)15-5-7-17(19)13(2)8-15/h4-11H,1-3H3. The van der Waals surface area contributed by atoms with Crippen molar-refractivity contribution < 1.29 is 0 Å². The quantitative estimate of drug-likeness (QED) is 0.372. The van der Waals surface area contributed by atoms with E-state index in [9.17, 15) is 0 Å². The molecule has 0 saturated carbocycles. The molecule has 0 fully saturated rings. The average molecular weight is 305 g/mol. The Balaban J connectivity index is 2.10. The van der Waals surface area contributed by atoms with Gasteiger partial charge in [0.25, 0.3) is 0 Å². The second-order valence-corrected chi connectivity index (χ2v) is 6.64. The van der Waals surface area contributed by atoms with Crippen LogP contribution in [0.4, 0.5) is 0 Å². The normalized spacial score (nSPS) is 11.6. The van der Waals surface area contributed by atoms with Crippen molar-refractivity contribution >= 4 is 11.6 Å². The lowest BCUT2D eigenvalue weighted by Crippen LogP contribution is -1.98. The van der Waals surface area contributed by atoms with Crippen molar-refractivity contribution in [2.24, 2.45) is 0 Å². The molecule has 0 aromatic heterocycles. The molecule has 0 radical (unpaired) electrons. The van der Waals surface area contributed by atoms with E-state index in [1.165, 1.54) is 50.1 Å². The molecule has 4 aliphatic carbocycles. The van der Waals surface area contributed by atoms with Crippen LogP contribution in [0.15, 0.2) is 48.5 Å². The molecule has 0 heterocycles. The van der Waals surface area contributed by atoms with E-state index < -0.39 is 0 Å². The minimum atomic E-state index is 0.788. The Hall–Kier alpha value is -2.05. The Morgan fingerprint density at radius 3 is 2.05 bits per heavy atom. The van der Waals surface area contributed by atoms with E-state index in [4.69, 9.17) is 11.6 Å². The largest absolute Gasteiger partial charge is 0.0843 e. The van der Waals surface area contributed by atoms with Crippen LogP contribution in [0.3, 0.4) is 0 Å². The van der Waals surface area contributed by atoms with Crippen molar-refractivity contribution in [3.05, 3.63) is 70.2 Å². The Kier molecular flexibility index (Phi) is 2.92. The molecule has 3 aromatic rings. The lowest BCUT2D eigenvalue weighted by molar-refractivity contribution is 1.37. The number of aryl methyl sites for hydroxylation is 3. The zero-order valence-corrected chi connectivity index (χ0v) is 13.8. The summed E-state index contributed by atoms with van der Waals surface area (Å²) in [5.74, 6) is 0. The summed E-state index contributed by atoms with van der Waals surface area (Å²) >= 11 is 6.25. The highest BCUT2D eigenvalue weighted by molar-refractivity contribution is 6.31. The van der Waals surface area contributed by atoms with Gasteiger partial charge in [-0.2, -0.15) is 0 Å². The Labute approximate surface area is 136 Å². The van der Waals surface area contributed by atoms with E-state index in [0.717, 1.165) is 5.02 Å². The summed E-state index contributed by atoms with van der Waals surface area (Å²) in [4.78, 5) is 0. The third-order valence-corrected chi connectivity index (χ3v) is 4.92. The molecule has 1 heteroatoms. The van der Waals surface area contributed by atoms with Gasteiger partial charge in [0.2, 0.25) is 0 Å². The Morgan fingerprint density at radius 1 is 0.545 bits per heavy atom. The summed E-state index contributed by atoms with van der Waals surface area (Å²) in [7, 11) is 0. The van der Waals surface area contributed by atoms with E-state index >= 15 is 0 Å². The maximum Gasteiger partial charge on any atom is 0.0412 e. The fourth-order valence-electron chi connectivity index (χ4n) is 3.48. The zero-order chi connectivity index (χ0) is 15.4. The molecule has 0 nitrogen and oxygen atoms in total. The van der Waals surface area contributed by atoms with E-state index in [1.807, 2.05) is 6.07 Å². The predicted octanol–water partition coefficient (Wildman–Crippen LogP) is 6.58. The minimum Gasteiger partial charge on any atom is -0.0843 e. The first-order valence-electron chi connectivity index (χ1n) is 7.57. The van der Waals surface area contributed by atoms with Crippen LogP contribution in [0.1, 0.15) is 16.7 Å². The van der Waals surface area contributed by atoms with Gasteiger partial charge in [0, 0.05) is 5.02 Å². The van der Waals surface area contributed by atoms with Crippen molar-refractivity contribution in [1.29, 1.82) is 0 Å². The van der Waals surface area contributed by atoms with Gasteiger partial charge in [-0.05, 0) is 89.0 Å². The van der Waals surface area contributed by atoms with Crippen LogP contribution in [0, 0.1) is 20.8 Å². The topological polar surface area (TPSA) is 0 Å². The number of rotatable bonds is 1. The molecule has 7 rings (SSSR count). The summed E-state index contributed by atoms with van der Waals surface area (Å²) in [6, 6.07) is 17.5. The van der Waals surface area contributed by atoms with Gasteiger partial charge in [-0.1, -0.05) is 41.9 Å². The predicted molar refractivity (Wildman–Crippen MR) is 95.5 cm³/mol. The summed E-state index contributed by atoms with van der Waals surface area (Å²) in [6.45, 7) is 6.54. The van der Waals surface area contributed by atoms with Crippen LogP contribution < -0.4 is 0 Å². The van der Waals surface area contributed by atoms with Crippen LogP contribution in [-0.2, 0) is 0 Å². The molecule has 0 spiro atoms. The lowest BCUT2D eigenvalue weighted by atomic mass is 9.82. The third-order valence-electron chi connectivity index (χ3n) is 4.68. The first-order valence-corrected chi connectivity index (χ1v) is 7.95. The lowest BCUT2D eigenvalue weighted by Gasteiger charge is -2.22. The van der Waals surface area contributed by atoms with Crippen molar-refractivity contribution in [1.82, 2.24) is 0 Å². The number of halogens is 1. The van der Waals surface area contributed by atoms with Crippen molar-refractivity contribution in [2.45, 2.75) is 20.8 Å². The molecule has 0 N–H and O–H groups in total. The van der Waals surface area contributed by atoms with Crippen LogP contribution in [-0.4, -0.2) is 0 Å². The molecule has 0 unspecified atom stereocenters. The van der Waals surface area contributed by atoms with E-state index in [1.54, 1.807) is 0 Å². The van der Waals surface area contributed by atoms with Crippen LogP contribution in [0.25, 0.3) is 33.4 Å². The maximum atomic E-state index is 6.25. The van der Waals surface area contributed by atoms with Crippen molar-refractivity contribution in [3.63, 3.8) is 0 Å². The van der Waals surface area contributed by atoms with Gasteiger partial charge in [0.1, 0.15) is 0 Å². The summed E-state index contributed by atoms with van der Waals surface area (Å²) in [5, 5.41) is 0.788. The van der Waals surface area contributed by atoms with Crippen molar-refractivity contribution in [3.8, 4) is 33.4 Å². The van der Waals surface area contributed by atoms with Gasteiger partial charge in [-0.3, -0.25) is 0 Å². The number of hydrogen-bond donors (Lipinski definition) is 0. The molecule has 4 aliphatic rings. The third kappa shape index (κ3) is 1.91. The second-order valence-electron chi connectivity index (χ2n) is 6.20. The highest BCUT2D eigenvalue weighted by atomic mass is 35.5. The van der Waals surface area contributed by atoms with E-state index in [0.29, 0.717) is 0 Å². The van der Waals surface area contributed by atoms with Gasteiger partial charge in [0.05, 0.1) is 0 Å². The van der Waals surface area contributed by atoms with Gasteiger partial charge in [-0.25, -0.2) is 0 Å². The van der Waals surface area contributed by atoms with Gasteiger partial charge < -0.3 is 0 Å². The average Bonchev–Trinajstić information content (AvgIpc) is 2.48. The molecule has 0 saturated heterocycles. The SMILES string of the molecule is Cc1cc2ccc1-c1cc(-c3cc(Cl)ccc3C)c-2cc1C. The molecule has 0 aliphatic heterocycles. The van der Waals surface area contributed by atoms with Gasteiger partial charge >= 0.3 is 0 Å². The number of hydrogen-bond acceptors (Lipinski definition) is 0. The first kappa shape index (κ1) is 13.6. The molecular weight excluding hydrogens is 288 g/mol. The Morgan fingerprint density at radius 2 is 1.27 bits per heavy atom. The molecular formula is C21H17Cl. The van der Waals surface area contributed by atoms with Crippen LogP contribution in [0.2, 0.25) is 5.02 Å². The van der Waals surface area contributed by atoms with Gasteiger partial charge in [0.15, 0.2) is 0 Å². The van der Waals surface area contributed by atoms with Crippen LogP contribution >= 0.6 is 11.6 Å². The smallest absolute Gasteiger partial charge is 0.0412 e. The fourth-order valence-corrected chi connectivity index (χ4v) is 3.65. The minimum absolute atomic E-state index is 0.788. The van der Waals surface area contributed by atoms with Crippen LogP contribution in [0.5, 0.6) is 0 Å².